The Balaban J connectivity index is 1.77. The number of H-pyrrole nitrogens is 1. The van der Waals surface area contributed by atoms with Gasteiger partial charge in [-0.2, -0.15) is 5.10 Å². The summed E-state index contributed by atoms with van der Waals surface area (Å²) in [4.78, 5) is 12.2. The minimum absolute atomic E-state index is 0.253. The highest BCUT2D eigenvalue weighted by molar-refractivity contribution is 6.01. The Kier molecular flexibility index (Phi) is 3.44. The molecule has 4 nitrogen and oxygen atoms in total. The van der Waals surface area contributed by atoms with E-state index in [4.69, 9.17) is 4.74 Å². The van der Waals surface area contributed by atoms with E-state index in [0.29, 0.717) is 5.69 Å². The number of carbonyl (C=O) groups excluding carboxylic acids is 1. The van der Waals surface area contributed by atoms with Crippen molar-refractivity contribution in [2.75, 3.05) is 0 Å². The van der Waals surface area contributed by atoms with Crippen LogP contribution in [0.5, 0.6) is 0 Å². The summed E-state index contributed by atoms with van der Waals surface area (Å²) in [5.41, 5.74) is 4.46. The highest BCUT2D eigenvalue weighted by atomic mass is 16.5. The summed E-state index contributed by atoms with van der Waals surface area (Å²) in [7, 11) is 0. The number of carbonyl (C=O) groups is 1. The maximum atomic E-state index is 12.2. The number of rotatable bonds is 3. The fourth-order valence-electron chi connectivity index (χ4n) is 2.49. The molecule has 2 aromatic carbocycles. The number of aromatic amines is 1. The van der Waals surface area contributed by atoms with Crippen molar-refractivity contribution in [1.29, 1.82) is 0 Å². The minimum atomic E-state index is -0.411. The lowest BCUT2D eigenvalue weighted by molar-refractivity contribution is 0.0468. The average molecular weight is 280 g/mol. The Morgan fingerprint density at radius 1 is 1.14 bits per heavy atom. The summed E-state index contributed by atoms with van der Waals surface area (Å²) < 4.78 is 5.37. The molecular formula is C17H16N2O2. The molecule has 0 radical (unpaired) electrons. The summed E-state index contributed by atoms with van der Waals surface area (Å²) in [6, 6.07) is 13.6. The molecule has 0 amide bonds. The van der Waals surface area contributed by atoms with Crippen LogP contribution in [0, 0.1) is 13.8 Å². The molecule has 0 aliphatic rings. The highest BCUT2D eigenvalue weighted by Gasteiger charge is 2.15. The zero-order valence-corrected chi connectivity index (χ0v) is 12.0. The maximum Gasteiger partial charge on any atom is 0.359 e. The number of nitrogens with one attached hydrogen (secondary N) is 1. The van der Waals surface area contributed by atoms with Crippen LogP contribution in [0.15, 0.2) is 42.5 Å². The van der Waals surface area contributed by atoms with Crippen molar-refractivity contribution in [3.8, 4) is 0 Å². The lowest BCUT2D eigenvalue weighted by atomic mass is 10.1. The van der Waals surface area contributed by atoms with Gasteiger partial charge in [0.2, 0.25) is 0 Å². The normalized spacial score (nSPS) is 10.8. The Hall–Kier alpha value is -2.62. The average Bonchev–Trinajstić information content (AvgIpc) is 2.88. The van der Waals surface area contributed by atoms with Gasteiger partial charge in [0.25, 0.3) is 0 Å². The van der Waals surface area contributed by atoms with Crippen molar-refractivity contribution >= 4 is 16.9 Å². The van der Waals surface area contributed by atoms with Crippen LogP contribution in [0.1, 0.15) is 27.2 Å². The fraction of sp³-hybridized carbons (Fsp3) is 0.176. The first-order valence-electron chi connectivity index (χ1n) is 6.81. The molecule has 0 aliphatic heterocycles. The van der Waals surface area contributed by atoms with Gasteiger partial charge >= 0.3 is 5.97 Å². The predicted molar refractivity (Wildman–Crippen MR) is 81.1 cm³/mol. The van der Waals surface area contributed by atoms with Gasteiger partial charge in [0, 0.05) is 5.39 Å². The van der Waals surface area contributed by atoms with E-state index in [1.165, 1.54) is 0 Å². The van der Waals surface area contributed by atoms with Crippen molar-refractivity contribution in [3.63, 3.8) is 0 Å². The van der Waals surface area contributed by atoms with Crippen LogP contribution >= 0.6 is 0 Å². The number of esters is 1. The summed E-state index contributed by atoms with van der Waals surface area (Å²) in [5, 5.41) is 7.66. The number of aromatic nitrogens is 2. The Labute approximate surface area is 122 Å². The number of benzene rings is 2. The second-order valence-electron chi connectivity index (χ2n) is 5.19. The lowest BCUT2D eigenvalue weighted by Gasteiger charge is -2.06. The summed E-state index contributed by atoms with van der Waals surface area (Å²) in [6.07, 6.45) is 0. The summed E-state index contributed by atoms with van der Waals surface area (Å²) in [5.74, 6) is -0.411. The van der Waals surface area contributed by atoms with Crippen LogP contribution in [-0.2, 0) is 11.3 Å². The predicted octanol–water partition coefficient (Wildman–Crippen LogP) is 3.54. The molecule has 0 spiro atoms. The Morgan fingerprint density at radius 3 is 2.62 bits per heavy atom. The number of para-hydroxylation sites is 1. The summed E-state index contributed by atoms with van der Waals surface area (Å²) in [6.45, 7) is 4.31. The molecule has 106 valence electrons. The molecule has 1 aromatic heterocycles. The highest BCUT2D eigenvalue weighted by Crippen LogP contribution is 2.17. The second kappa shape index (κ2) is 5.40. The van der Waals surface area contributed by atoms with Crippen LogP contribution in [0.3, 0.4) is 0 Å². The van der Waals surface area contributed by atoms with Crippen molar-refractivity contribution in [2.24, 2.45) is 0 Å². The number of fused-ring (bicyclic) bond motifs is 1. The number of hydrogen-bond donors (Lipinski definition) is 1. The Morgan fingerprint density at radius 2 is 1.86 bits per heavy atom. The zero-order valence-electron chi connectivity index (χ0n) is 12.0. The molecule has 0 unspecified atom stereocenters. The van der Waals surface area contributed by atoms with Gasteiger partial charge in [-0.05, 0) is 25.5 Å². The van der Waals surface area contributed by atoms with E-state index in [2.05, 4.69) is 16.3 Å². The number of hydrogen-bond acceptors (Lipinski definition) is 3. The second-order valence-corrected chi connectivity index (χ2v) is 5.19. The molecule has 4 heteroatoms. The quantitative estimate of drug-likeness (QED) is 0.747. The van der Waals surface area contributed by atoms with Crippen molar-refractivity contribution < 1.29 is 9.53 Å². The molecule has 0 fully saturated rings. The van der Waals surface area contributed by atoms with E-state index < -0.39 is 5.97 Å². The van der Waals surface area contributed by atoms with Crippen molar-refractivity contribution in [2.45, 2.75) is 20.5 Å². The zero-order chi connectivity index (χ0) is 14.8. The molecule has 0 saturated heterocycles. The third kappa shape index (κ3) is 2.79. The maximum absolute atomic E-state index is 12.2. The van der Waals surface area contributed by atoms with Crippen molar-refractivity contribution in [1.82, 2.24) is 10.2 Å². The van der Waals surface area contributed by atoms with Crippen molar-refractivity contribution in [3.05, 3.63) is 64.8 Å². The van der Waals surface area contributed by atoms with E-state index in [-0.39, 0.29) is 6.61 Å². The van der Waals surface area contributed by atoms with Gasteiger partial charge in [0.05, 0.1) is 5.52 Å². The van der Waals surface area contributed by atoms with Gasteiger partial charge < -0.3 is 4.74 Å². The van der Waals surface area contributed by atoms with E-state index in [0.717, 1.165) is 27.6 Å². The molecule has 0 atom stereocenters. The lowest BCUT2D eigenvalue weighted by Crippen LogP contribution is -2.06. The van der Waals surface area contributed by atoms with Crippen LogP contribution in [0.2, 0.25) is 0 Å². The molecule has 21 heavy (non-hydrogen) atoms. The van der Waals surface area contributed by atoms with E-state index >= 15 is 0 Å². The summed E-state index contributed by atoms with van der Waals surface area (Å²) >= 11 is 0. The van der Waals surface area contributed by atoms with Crippen LogP contribution in [-0.4, -0.2) is 16.2 Å². The van der Waals surface area contributed by atoms with Gasteiger partial charge in [0.1, 0.15) is 6.61 Å². The molecule has 0 aliphatic carbocycles. The van der Waals surface area contributed by atoms with Gasteiger partial charge in [-0.1, -0.05) is 47.5 Å². The molecule has 3 aromatic rings. The molecule has 1 heterocycles. The third-order valence-electron chi connectivity index (χ3n) is 3.32. The van der Waals surface area contributed by atoms with E-state index in [9.17, 15) is 4.79 Å². The molecule has 0 bridgehead atoms. The number of aryl methyl sites for hydroxylation is 2. The molecule has 0 saturated carbocycles. The Bertz CT molecular complexity index is 785. The SMILES string of the molecule is Cc1cc(C)cc(COC(=O)c2n[nH]c3ccccc23)c1. The third-order valence-corrected chi connectivity index (χ3v) is 3.32. The first-order chi connectivity index (χ1) is 10.1. The van der Waals surface area contributed by atoms with Gasteiger partial charge in [0.15, 0.2) is 5.69 Å². The van der Waals surface area contributed by atoms with E-state index in [1.807, 2.05) is 50.2 Å². The minimum Gasteiger partial charge on any atom is -0.456 e. The smallest absolute Gasteiger partial charge is 0.359 e. The largest absolute Gasteiger partial charge is 0.456 e. The number of ether oxygens (including phenoxy) is 1. The number of nitrogens with zero attached hydrogens (tertiary/aromatic N) is 1. The molecule has 3 rings (SSSR count). The van der Waals surface area contributed by atoms with Crippen LogP contribution in [0.4, 0.5) is 0 Å². The van der Waals surface area contributed by atoms with Gasteiger partial charge in [-0.15, -0.1) is 0 Å². The standard InChI is InChI=1S/C17H16N2O2/c1-11-7-12(2)9-13(8-11)10-21-17(20)16-14-5-3-4-6-15(14)18-19-16/h3-9H,10H2,1-2H3,(H,18,19). The van der Waals surface area contributed by atoms with Crippen LogP contribution in [0.25, 0.3) is 10.9 Å². The van der Waals surface area contributed by atoms with E-state index in [1.54, 1.807) is 0 Å². The first kappa shape index (κ1) is 13.4. The topological polar surface area (TPSA) is 55.0 Å². The van der Waals surface area contributed by atoms with Gasteiger partial charge in [-0.3, -0.25) is 5.10 Å². The molecular weight excluding hydrogens is 264 g/mol. The van der Waals surface area contributed by atoms with Crippen LogP contribution < -0.4 is 0 Å². The van der Waals surface area contributed by atoms with Gasteiger partial charge in [-0.25, -0.2) is 4.79 Å². The monoisotopic (exact) mass is 280 g/mol. The fourth-order valence-corrected chi connectivity index (χ4v) is 2.49. The first-order valence-corrected chi connectivity index (χ1v) is 6.81. The molecule has 1 N–H and O–H groups in total.